The van der Waals surface area contributed by atoms with E-state index in [9.17, 15) is 19.5 Å². The van der Waals surface area contributed by atoms with Gasteiger partial charge in [-0.15, -0.1) is 0 Å². The highest BCUT2D eigenvalue weighted by molar-refractivity contribution is 5.92. The number of pyridine rings is 1. The Kier molecular flexibility index (Phi) is 10.9. The second-order valence-electron chi connectivity index (χ2n) is 7.77. The highest BCUT2D eigenvalue weighted by Crippen LogP contribution is 2.19. The number of carboxylic acids is 1. The smallest absolute Gasteiger partial charge is 0.407 e. The molecule has 0 radical (unpaired) electrons. The molecule has 0 fully saturated rings. The molecule has 1 heterocycles. The van der Waals surface area contributed by atoms with Crippen LogP contribution in [0.3, 0.4) is 0 Å². The van der Waals surface area contributed by atoms with E-state index >= 15 is 0 Å². The summed E-state index contributed by atoms with van der Waals surface area (Å²) in [5, 5.41) is 22.2. The number of fused-ring (bicyclic) bond motifs is 1. The van der Waals surface area contributed by atoms with Crippen molar-refractivity contribution in [3.63, 3.8) is 0 Å². The fourth-order valence-electron chi connectivity index (χ4n) is 2.81. The van der Waals surface area contributed by atoms with E-state index in [1.807, 2.05) is 6.92 Å². The summed E-state index contributed by atoms with van der Waals surface area (Å²) in [4.78, 5) is 43.7. The minimum atomic E-state index is -1.25. The van der Waals surface area contributed by atoms with E-state index in [0.29, 0.717) is 49.4 Å². The molecule has 0 spiro atoms. The minimum absolute atomic E-state index is 0.250. The quantitative estimate of drug-likeness (QED) is 0.321. The molecule has 0 atom stereocenters. The average Bonchev–Trinajstić information content (AvgIpc) is 2.72. The van der Waals surface area contributed by atoms with Crippen LogP contribution in [0.15, 0.2) is 29.2 Å². The van der Waals surface area contributed by atoms with Crippen LogP contribution in [0.4, 0.5) is 4.79 Å². The number of aromatic carboxylic acids is 1. The zero-order valence-corrected chi connectivity index (χ0v) is 19.2. The maximum Gasteiger partial charge on any atom is 0.407 e. The summed E-state index contributed by atoms with van der Waals surface area (Å²) in [5.74, 6) is -0.766. The van der Waals surface area contributed by atoms with Crippen LogP contribution in [-0.2, 0) is 16.1 Å². The average molecular weight is 466 g/mol. The van der Waals surface area contributed by atoms with Crippen LogP contribution in [-0.4, -0.2) is 65.2 Å². The van der Waals surface area contributed by atoms with Gasteiger partial charge >= 0.3 is 12.1 Å². The third-order valence-corrected chi connectivity index (χ3v) is 4.14. The van der Waals surface area contributed by atoms with Gasteiger partial charge in [0.25, 0.3) is 6.47 Å². The first-order valence-corrected chi connectivity index (χ1v) is 10.3. The monoisotopic (exact) mass is 465 g/mol. The van der Waals surface area contributed by atoms with Crippen molar-refractivity contribution < 1.29 is 34.1 Å². The standard InChI is InChI=1S/C21H29N3O6.CH2O2/c1-5-24-13-16(19(26)27)18(25)15-12-14(6-7-17(15)24)29-11-10-22-8-9-23-20(28)30-21(2,3)4;2-1-3/h6-7,12-13,22H,5,8-11H2,1-4H3,(H,23,28)(H,26,27);1H,(H,2,3). The molecular weight excluding hydrogens is 434 g/mol. The molecule has 11 heteroatoms. The number of benzene rings is 1. The zero-order valence-electron chi connectivity index (χ0n) is 19.2. The predicted octanol–water partition coefficient (Wildman–Crippen LogP) is 1.91. The maximum atomic E-state index is 12.5. The second-order valence-corrected chi connectivity index (χ2v) is 7.77. The van der Waals surface area contributed by atoms with E-state index in [0.717, 1.165) is 0 Å². The number of aromatic nitrogens is 1. The van der Waals surface area contributed by atoms with E-state index in [4.69, 9.17) is 19.4 Å². The Bertz CT molecular complexity index is 1010. The van der Waals surface area contributed by atoms with Crippen LogP contribution >= 0.6 is 0 Å². The number of hydrogen-bond donors (Lipinski definition) is 4. The molecule has 0 aliphatic heterocycles. The van der Waals surface area contributed by atoms with Crippen molar-refractivity contribution in [3.8, 4) is 5.75 Å². The van der Waals surface area contributed by atoms with Gasteiger partial charge < -0.3 is 34.9 Å². The van der Waals surface area contributed by atoms with Gasteiger partial charge in [-0.25, -0.2) is 9.59 Å². The third kappa shape index (κ3) is 9.19. The van der Waals surface area contributed by atoms with Crippen LogP contribution in [0.5, 0.6) is 5.75 Å². The number of hydrogen-bond acceptors (Lipinski definition) is 7. The Balaban J connectivity index is 0.00000172. The number of carbonyl (C=O) groups excluding carboxylic acids is 1. The van der Waals surface area contributed by atoms with Gasteiger partial charge in [0.05, 0.1) is 10.9 Å². The highest BCUT2D eigenvalue weighted by Gasteiger charge is 2.16. The molecule has 0 bridgehead atoms. The van der Waals surface area contributed by atoms with Gasteiger partial charge in [0, 0.05) is 32.4 Å². The fraction of sp³-hybridized carbons (Fsp3) is 0.455. The van der Waals surface area contributed by atoms with Crippen LogP contribution in [0.25, 0.3) is 10.9 Å². The molecule has 1 amide bonds. The SMILES string of the molecule is CCn1cc(C(=O)O)c(=O)c2cc(OCCNCCNC(=O)OC(C)(C)C)ccc21.O=CO. The van der Waals surface area contributed by atoms with E-state index in [1.165, 1.54) is 6.20 Å². The number of rotatable bonds is 9. The Morgan fingerprint density at radius 1 is 1.18 bits per heavy atom. The summed E-state index contributed by atoms with van der Waals surface area (Å²) in [5.41, 5.74) is -0.664. The minimum Gasteiger partial charge on any atom is -0.492 e. The first-order valence-electron chi connectivity index (χ1n) is 10.3. The van der Waals surface area contributed by atoms with Crippen molar-refractivity contribution in [1.82, 2.24) is 15.2 Å². The summed E-state index contributed by atoms with van der Waals surface area (Å²) in [7, 11) is 0. The molecule has 33 heavy (non-hydrogen) atoms. The molecule has 1 aromatic heterocycles. The maximum absolute atomic E-state index is 12.5. The highest BCUT2D eigenvalue weighted by atomic mass is 16.6. The van der Waals surface area contributed by atoms with Gasteiger partial charge in [-0.1, -0.05) is 0 Å². The molecule has 0 unspecified atom stereocenters. The molecular formula is C22H31N3O8. The van der Waals surface area contributed by atoms with Gasteiger partial charge in [-0.05, 0) is 45.9 Å². The number of nitrogens with one attached hydrogen (secondary N) is 2. The van der Waals surface area contributed by atoms with Gasteiger partial charge in [0.2, 0.25) is 5.43 Å². The number of amides is 1. The van der Waals surface area contributed by atoms with Gasteiger partial charge in [-0.3, -0.25) is 9.59 Å². The molecule has 1 aromatic carbocycles. The number of alkyl carbamates (subject to hydrolysis) is 1. The molecule has 11 nitrogen and oxygen atoms in total. The van der Waals surface area contributed by atoms with Crippen LogP contribution in [0.1, 0.15) is 38.1 Å². The topological polar surface area (TPSA) is 156 Å². The van der Waals surface area contributed by atoms with E-state index < -0.39 is 23.1 Å². The zero-order chi connectivity index (χ0) is 25.0. The molecule has 0 saturated carbocycles. The number of nitrogens with zero attached hydrogens (tertiary/aromatic N) is 1. The van der Waals surface area contributed by atoms with Crippen molar-refractivity contribution in [2.75, 3.05) is 26.2 Å². The molecule has 4 N–H and O–H groups in total. The predicted molar refractivity (Wildman–Crippen MR) is 122 cm³/mol. The Morgan fingerprint density at radius 2 is 1.85 bits per heavy atom. The normalized spacial score (nSPS) is 10.7. The Morgan fingerprint density at radius 3 is 2.42 bits per heavy atom. The van der Waals surface area contributed by atoms with Gasteiger partial charge in [0.1, 0.15) is 23.5 Å². The van der Waals surface area contributed by atoms with E-state index in [-0.39, 0.29) is 12.0 Å². The first kappa shape index (κ1) is 27.4. The van der Waals surface area contributed by atoms with Crippen molar-refractivity contribution in [2.45, 2.75) is 39.8 Å². The summed E-state index contributed by atoms with van der Waals surface area (Å²) < 4.78 is 12.5. The number of carbonyl (C=O) groups is 3. The van der Waals surface area contributed by atoms with E-state index in [2.05, 4.69) is 10.6 Å². The lowest BCUT2D eigenvalue weighted by molar-refractivity contribution is -0.122. The number of carboxylic acid groups (broad SMARTS) is 2. The lowest BCUT2D eigenvalue weighted by Crippen LogP contribution is -2.37. The molecule has 0 saturated heterocycles. The lowest BCUT2D eigenvalue weighted by atomic mass is 10.1. The Labute approximate surface area is 191 Å². The number of aryl methyl sites for hydroxylation is 1. The molecule has 0 aliphatic carbocycles. The largest absolute Gasteiger partial charge is 0.492 e. The summed E-state index contributed by atoms with van der Waals surface area (Å²) in [6, 6.07) is 5.07. The van der Waals surface area contributed by atoms with Gasteiger partial charge in [-0.2, -0.15) is 0 Å². The van der Waals surface area contributed by atoms with Crippen LogP contribution in [0, 0.1) is 0 Å². The van der Waals surface area contributed by atoms with Crippen molar-refractivity contribution >= 4 is 29.4 Å². The Hall–Kier alpha value is -3.60. The summed E-state index contributed by atoms with van der Waals surface area (Å²) in [6.07, 6.45) is 0.901. The van der Waals surface area contributed by atoms with Crippen LogP contribution < -0.4 is 20.8 Å². The summed E-state index contributed by atoms with van der Waals surface area (Å²) in [6.45, 7) is 9.41. The molecule has 182 valence electrons. The molecule has 2 aromatic rings. The fourth-order valence-corrected chi connectivity index (χ4v) is 2.81. The van der Waals surface area contributed by atoms with Gasteiger partial charge in [0.15, 0.2) is 0 Å². The van der Waals surface area contributed by atoms with E-state index in [1.54, 1.807) is 43.5 Å². The number of ether oxygens (including phenoxy) is 2. The summed E-state index contributed by atoms with van der Waals surface area (Å²) >= 11 is 0. The second kappa shape index (κ2) is 13.1. The third-order valence-electron chi connectivity index (χ3n) is 4.14. The molecule has 2 rings (SSSR count). The van der Waals surface area contributed by atoms with Crippen molar-refractivity contribution in [1.29, 1.82) is 0 Å². The van der Waals surface area contributed by atoms with Crippen molar-refractivity contribution in [3.05, 3.63) is 40.2 Å². The first-order chi connectivity index (χ1) is 15.5. The van der Waals surface area contributed by atoms with Crippen LogP contribution in [0.2, 0.25) is 0 Å². The molecule has 0 aliphatic rings. The lowest BCUT2D eigenvalue weighted by Gasteiger charge is -2.19. The van der Waals surface area contributed by atoms with Crippen molar-refractivity contribution in [2.24, 2.45) is 0 Å².